The maximum Gasteiger partial charge on any atom is 0.251 e. The van der Waals surface area contributed by atoms with Gasteiger partial charge in [-0.15, -0.1) is 0 Å². The molecule has 2 aromatic rings. The highest BCUT2D eigenvalue weighted by Crippen LogP contribution is 2.49. The highest BCUT2D eigenvalue weighted by molar-refractivity contribution is 7.99. The van der Waals surface area contributed by atoms with Gasteiger partial charge in [0, 0.05) is 34.5 Å². The Morgan fingerprint density at radius 2 is 1.73 bits per heavy atom. The molecule has 5 heteroatoms. The summed E-state index contributed by atoms with van der Waals surface area (Å²) in [5.41, 5.74) is 3.17. The maximum atomic E-state index is 12.9. The van der Waals surface area contributed by atoms with Gasteiger partial charge in [0.05, 0.1) is 11.4 Å². The fraction of sp³-hybridized carbons (Fsp3) is 0.536. The quantitative estimate of drug-likeness (QED) is 0.454. The summed E-state index contributed by atoms with van der Waals surface area (Å²) in [5.74, 6) is 1.24. The van der Waals surface area contributed by atoms with Gasteiger partial charge in [-0.2, -0.15) is 0 Å². The molecule has 2 aliphatic heterocycles. The second kappa shape index (κ2) is 11.0. The summed E-state index contributed by atoms with van der Waals surface area (Å²) in [7, 11) is 0. The molecule has 1 saturated heterocycles. The second-order valence-corrected chi connectivity index (χ2v) is 11.3. The van der Waals surface area contributed by atoms with Crippen molar-refractivity contribution >= 4 is 29.0 Å². The Kier molecular flexibility index (Phi) is 8.02. The molecule has 0 aromatic heterocycles. The molecule has 0 spiro atoms. The van der Waals surface area contributed by atoms with E-state index in [1.54, 1.807) is 0 Å². The van der Waals surface area contributed by atoms with Gasteiger partial charge in [-0.1, -0.05) is 44.7 Å². The van der Waals surface area contributed by atoms with E-state index < -0.39 is 0 Å². The summed E-state index contributed by atoms with van der Waals surface area (Å²) < 4.78 is 0. The molecule has 0 aliphatic carbocycles. The van der Waals surface area contributed by atoms with E-state index in [2.05, 4.69) is 79.2 Å². The number of hydrogen-bond donors (Lipinski definition) is 1. The van der Waals surface area contributed by atoms with Crippen molar-refractivity contribution in [3.05, 3.63) is 48.0 Å². The number of fused-ring (bicyclic) bond motifs is 2. The number of nitrogens with zero attached hydrogens (tertiary/aromatic N) is 2. The normalized spacial score (nSPS) is 17.5. The fourth-order valence-corrected chi connectivity index (χ4v) is 6.20. The fourth-order valence-electron chi connectivity index (χ4n) is 5.14. The Bertz CT molecular complexity index is 954. The number of carbonyl (C=O) groups excluding carboxylic acids is 1. The molecular weight excluding hydrogens is 426 g/mol. The van der Waals surface area contributed by atoms with Gasteiger partial charge < -0.3 is 15.1 Å². The van der Waals surface area contributed by atoms with Crippen molar-refractivity contribution in [1.29, 1.82) is 0 Å². The smallest absolute Gasteiger partial charge is 0.251 e. The van der Waals surface area contributed by atoms with Gasteiger partial charge in [0.2, 0.25) is 0 Å². The van der Waals surface area contributed by atoms with Crippen LogP contribution in [0.25, 0.3) is 0 Å². The van der Waals surface area contributed by atoms with Crippen LogP contribution in [0.15, 0.2) is 52.3 Å². The Hall–Kier alpha value is -1.98. The first-order valence-corrected chi connectivity index (χ1v) is 13.4. The lowest BCUT2D eigenvalue weighted by atomic mass is 9.99. The topological polar surface area (TPSA) is 35.6 Å². The Labute approximate surface area is 204 Å². The first kappa shape index (κ1) is 24.2. The molecule has 2 unspecified atom stereocenters. The third kappa shape index (κ3) is 5.93. The molecule has 4 nitrogen and oxygen atoms in total. The van der Waals surface area contributed by atoms with Crippen molar-refractivity contribution < 1.29 is 4.79 Å². The van der Waals surface area contributed by atoms with E-state index >= 15 is 0 Å². The lowest BCUT2D eigenvalue weighted by molar-refractivity contribution is 0.0952. The largest absolute Gasteiger partial charge is 0.352 e. The van der Waals surface area contributed by atoms with Crippen LogP contribution in [-0.2, 0) is 0 Å². The van der Waals surface area contributed by atoms with Crippen LogP contribution in [0, 0.1) is 11.8 Å². The number of nitrogens with one attached hydrogen (secondary N) is 1. The van der Waals surface area contributed by atoms with Gasteiger partial charge >= 0.3 is 0 Å². The number of amides is 1. The first-order valence-electron chi connectivity index (χ1n) is 12.6. The molecule has 2 aliphatic rings. The standard InChI is InChI=1S/C28H39N3OS/c1-20(2)13-14-29-28(32)23-11-12-27-25(18-23)31(24-9-5-6-10-26(24)33-27)22(4)17-21(3)19-30-15-7-8-16-30/h5-6,9-12,18,20-22H,7-8,13-17,19H2,1-4H3,(H,29,32). The van der Waals surface area contributed by atoms with E-state index in [0.29, 0.717) is 17.9 Å². The van der Waals surface area contributed by atoms with Gasteiger partial charge in [0.1, 0.15) is 0 Å². The third-order valence-electron chi connectivity index (χ3n) is 6.79. The molecule has 0 bridgehead atoms. The van der Waals surface area contributed by atoms with Crippen LogP contribution in [0.2, 0.25) is 0 Å². The van der Waals surface area contributed by atoms with Gasteiger partial charge in [-0.3, -0.25) is 4.79 Å². The highest BCUT2D eigenvalue weighted by atomic mass is 32.2. The van der Waals surface area contributed by atoms with Gasteiger partial charge in [-0.05, 0) is 87.9 Å². The zero-order chi connectivity index (χ0) is 23.4. The van der Waals surface area contributed by atoms with E-state index in [1.165, 1.54) is 48.0 Å². The van der Waals surface area contributed by atoms with Crippen molar-refractivity contribution in [2.24, 2.45) is 11.8 Å². The van der Waals surface area contributed by atoms with Crippen LogP contribution in [0.5, 0.6) is 0 Å². The van der Waals surface area contributed by atoms with Crippen LogP contribution in [0.3, 0.4) is 0 Å². The summed E-state index contributed by atoms with van der Waals surface area (Å²) in [6.07, 6.45) is 4.81. The predicted molar refractivity (Wildman–Crippen MR) is 140 cm³/mol. The molecule has 0 radical (unpaired) electrons. The molecule has 1 N–H and O–H groups in total. The van der Waals surface area contributed by atoms with Gasteiger partial charge in [0.15, 0.2) is 0 Å². The zero-order valence-electron chi connectivity index (χ0n) is 20.6. The van der Waals surface area contributed by atoms with Gasteiger partial charge in [0.25, 0.3) is 5.91 Å². The molecule has 178 valence electrons. The van der Waals surface area contributed by atoms with E-state index in [-0.39, 0.29) is 5.91 Å². The summed E-state index contributed by atoms with van der Waals surface area (Å²) in [4.78, 5) is 20.5. The second-order valence-electron chi connectivity index (χ2n) is 10.3. The van der Waals surface area contributed by atoms with Crippen LogP contribution in [-0.4, -0.2) is 43.0 Å². The van der Waals surface area contributed by atoms with Crippen LogP contribution < -0.4 is 10.2 Å². The lowest BCUT2D eigenvalue weighted by Crippen LogP contribution is -2.35. The van der Waals surface area contributed by atoms with Crippen molar-refractivity contribution in [2.75, 3.05) is 31.1 Å². The number of benzene rings is 2. The lowest BCUT2D eigenvalue weighted by Gasteiger charge is -2.38. The minimum absolute atomic E-state index is 0.0253. The first-order chi connectivity index (χ1) is 15.9. The molecule has 2 aromatic carbocycles. The average Bonchev–Trinajstić information content (AvgIpc) is 3.29. The monoisotopic (exact) mass is 465 g/mol. The molecular formula is C28H39N3OS. The van der Waals surface area contributed by atoms with Crippen molar-refractivity contribution in [3.8, 4) is 0 Å². The number of para-hydroxylation sites is 1. The summed E-state index contributed by atoms with van der Waals surface area (Å²) in [6.45, 7) is 13.5. The van der Waals surface area contributed by atoms with Gasteiger partial charge in [-0.25, -0.2) is 0 Å². The van der Waals surface area contributed by atoms with E-state index in [4.69, 9.17) is 0 Å². The molecule has 2 heterocycles. The van der Waals surface area contributed by atoms with Crippen molar-refractivity contribution in [1.82, 2.24) is 10.2 Å². The summed E-state index contributed by atoms with van der Waals surface area (Å²) >= 11 is 1.81. The molecule has 2 atom stereocenters. The SMILES string of the molecule is CC(C)CCNC(=O)c1ccc2c(c1)N(C(C)CC(C)CN1CCCC1)c1ccccc1S2. The van der Waals surface area contributed by atoms with Crippen LogP contribution in [0.1, 0.15) is 63.7 Å². The number of rotatable bonds is 9. The van der Waals surface area contributed by atoms with E-state index in [0.717, 1.165) is 30.6 Å². The number of anilines is 2. The molecule has 1 fully saturated rings. The zero-order valence-corrected chi connectivity index (χ0v) is 21.5. The molecule has 4 rings (SSSR count). The van der Waals surface area contributed by atoms with Crippen LogP contribution >= 0.6 is 11.8 Å². The molecule has 1 amide bonds. The minimum Gasteiger partial charge on any atom is -0.352 e. The van der Waals surface area contributed by atoms with E-state index in [1.807, 2.05) is 17.8 Å². The number of likely N-dealkylation sites (tertiary alicyclic amines) is 1. The molecule has 33 heavy (non-hydrogen) atoms. The molecule has 0 saturated carbocycles. The maximum absolute atomic E-state index is 12.9. The Morgan fingerprint density at radius 1 is 1.00 bits per heavy atom. The number of hydrogen-bond acceptors (Lipinski definition) is 4. The van der Waals surface area contributed by atoms with Crippen LogP contribution in [0.4, 0.5) is 11.4 Å². The number of carbonyl (C=O) groups is 1. The Morgan fingerprint density at radius 3 is 2.48 bits per heavy atom. The Balaban J connectivity index is 1.56. The highest BCUT2D eigenvalue weighted by Gasteiger charge is 2.29. The van der Waals surface area contributed by atoms with Crippen molar-refractivity contribution in [3.63, 3.8) is 0 Å². The summed E-state index contributed by atoms with van der Waals surface area (Å²) in [6, 6.07) is 15.2. The summed E-state index contributed by atoms with van der Waals surface area (Å²) in [5, 5.41) is 3.10. The van der Waals surface area contributed by atoms with E-state index in [9.17, 15) is 4.79 Å². The minimum atomic E-state index is 0.0253. The third-order valence-corrected chi connectivity index (χ3v) is 7.92. The predicted octanol–water partition coefficient (Wildman–Crippen LogP) is 6.58. The average molecular weight is 466 g/mol. The van der Waals surface area contributed by atoms with Crippen molar-refractivity contribution in [2.45, 2.75) is 69.2 Å².